The van der Waals surface area contributed by atoms with Gasteiger partial charge in [-0.05, 0) is 60.9 Å². The molecular formula is C24H23F2N5O2. The molecule has 6 rings (SSSR count). The van der Waals surface area contributed by atoms with E-state index in [9.17, 15) is 18.7 Å². The van der Waals surface area contributed by atoms with Crippen molar-refractivity contribution in [3.05, 3.63) is 53.0 Å². The van der Waals surface area contributed by atoms with E-state index in [-0.39, 0.29) is 19.1 Å². The zero-order chi connectivity index (χ0) is 22.9. The van der Waals surface area contributed by atoms with Crippen LogP contribution in [-0.2, 0) is 12.8 Å². The third-order valence-corrected chi connectivity index (χ3v) is 6.92. The molecule has 1 aliphatic heterocycles. The van der Waals surface area contributed by atoms with Crippen molar-refractivity contribution < 1.29 is 18.7 Å². The summed E-state index contributed by atoms with van der Waals surface area (Å²) in [6, 6.07) is 5.18. The van der Waals surface area contributed by atoms with Crippen molar-refractivity contribution in [1.82, 2.24) is 15.0 Å². The van der Waals surface area contributed by atoms with Gasteiger partial charge in [-0.25, -0.2) is 18.6 Å². The second-order valence-corrected chi connectivity index (χ2v) is 9.28. The number of halogens is 2. The van der Waals surface area contributed by atoms with Gasteiger partial charge in [-0.1, -0.05) is 0 Å². The summed E-state index contributed by atoms with van der Waals surface area (Å²) in [5.74, 6) is -2.76. The van der Waals surface area contributed by atoms with Crippen LogP contribution in [0.2, 0.25) is 0 Å². The second-order valence-electron chi connectivity index (χ2n) is 9.28. The Morgan fingerprint density at radius 2 is 2.00 bits per heavy atom. The van der Waals surface area contributed by atoms with Gasteiger partial charge in [-0.15, -0.1) is 0 Å². The van der Waals surface area contributed by atoms with E-state index in [2.05, 4.69) is 15.0 Å². The molecule has 1 saturated heterocycles. The maximum atomic E-state index is 13.2. The molecule has 0 radical (unpaired) electrons. The Morgan fingerprint density at radius 1 is 1.21 bits per heavy atom. The van der Waals surface area contributed by atoms with Crippen molar-refractivity contribution in [3.63, 3.8) is 0 Å². The molecule has 3 aromatic rings. The van der Waals surface area contributed by atoms with E-state index in [4.69, 9.17) is 5.73 Å². The number of aromatic amines is 1. The number of pyridine rings is 2. The smallest absolute Gasteiger partial charge is 0.337 e. The molecule has 170 valence electrons. The van der Waals surface area contributed by atoms with Crippen LogP contribution in [0.4, 0.5) is 14.6 Å². The number of fused-ring (bicyclic) bond motifs is 3. The molecule has 3 aliphatic rings. The van der Waals surface area contributed by atoms with Crippen molar-refractivity contribution in [2.45, 2.75) is 37.6 Å². The van der Waals surface area contributed by atoms with Gasteiger partial charge in [-0.2, -0.15) is 0 Å². The quantitative estimate of drug-likeness (QED) is 0.545. The van der Waals surface area contributed by atoms with E-state index < -0.39 is 11.9 Å². The molecule has 0 aromatic carbocycles. The van der Waals surface area contributed by atoms with Crippen LogP contribution < -0.4 is 10.6 Å². The summed E-state index contributed by atoms with van der Waals surface area (Å²) in [4.78, 5) is 25.9. The molecule has 33 heavy (non-hydrogen) atoms. The maximum Gasteiger partial charge on any atom is 0.337 e. The fourth-order valence-electron chi connectivity index (χ4n) is 4.96. The number of alkyl halides is 2. The van der Waals surface area contributed by atoms with E-state index >= 15 is 0 Å². The Hall–Kier alpha value is -3.33. The number of hydrogen-bond acceptors (Lipinski definition) is 5. The van der Waals surface area contributed by atoms with E-state index in [1.807, 2.05) is 18.3 Å². The Balaban J connectivity index is 1.36. The van der Waals surface area contributed by atoms with Crippen molar-refractivity contribution in [1.29, 1.82) is 0 Å². The fraction of sp³-hybridized carbons (Fsp3) is 0.375. The van der Waals surface area contributed by atoms with E-state index in [0.29, 0.717) is 41.5 Å². The van der Waals surface area contributed by atoms with Gasteiger partial charge >= 0.3 is 5.97 Å². The van der Waals surface area contributed by atoms with Gasteiger partial charge in [0, 0.05) is 35.3 Å². The largest absolute Gasteiger partial charge is 0.478 e. The van der Waals surface area contributed by atoms with Crippen molar-refractivity contribution in [2.24, 2.45) is 11.7 Å². The average Bonchev–Trinajstić information content (AvgIpc) is 3.55. The van der Waals surface area contributed by atoms with Gasteiger partial charge < -0.3 is 20.7 Å². The van der Waals surface area contributed by atoms with Gasteiger partial charge in [-0.3, -0.25) is 4.98 Å². The van der Waals surface area contributed by atoms with Crippen LogP contribution in [0.25, 0.3) is 22.5 Å². The Labute approximate surface area is 188 Å². The minimum absolute atomic E-state index is 0.308. The maximum absolute atomic E-state index is 13.2. The number of nitrogens with one attached hydrogen (secondary N) is 1. The zero-order valence-electron chi connectivity index (χ0n) is 17.8. The highest BCUT2D eigenvalue weighted by atomic mass is 19.3. The number of aromatic nitrogens is 3. The lowest BCUT2D eigenvalue weighted by Gasteiger charge is -2.39. The first-order valence-electron chi connectivity index (χ1n) is 11.1. The lowest BCUT2D eigenvalue weighted by atomic mass is 9.88. The molecule has 0 bridgehead atoms. The third kappa shape index (κ3) is 3.38. The molecule has 4 heterocycles. The summed E-state index contributed by atoms with van der Waals surface area (Å²) < 4.78 is 26.3. The number of nitrogens with zero attached hydrogens (tertiary/aromatic N) is 3. The number of aromatic carboxylic acids is 1. The first-order chi connectivity index (χ1) is 15.8. The van der Waals surface area contributed by atoms with Gasteiger partial charge in [0.2, 0.25) is 0 Å². The predicted octanol–water partition coefficient (Wildman–Crippen LogP) is 3.80. The Kier molecular flexibility index (Phi) is 4.35. The lowest BCUT2D eigenvalue weighted by molar-refractivity contribution is -0.0267. The molecule has 0 amide bonds. The number of anilines is 1. The van der Waals surface area contributed by atoms with E-state index in [0.717, 1.165) is 40.8 Å². The first kappa shape index (κ1) is 20.3. The number of carboxylic acid groups (broad SMARTS) is 1. The van der Waals surface area contributed by atoms with Crippen LogP contribution >= 0.6 is 0 Å². The summed E-state index contributed by atoms with van der Waals surface area (Å²) in [6.07, 6.45) is 6.82. The Bertz CT molecular complexity index is 1260. The predicted molar refractivity (Wildman–Crippen MR) is 118 cm³/mol. The molecule has 2 fully saturated rings. The summed E-state index contributed by atoms with van der Waals surface area (Å²) in [6.45, 7) is -0.632. The number of aryl methyl sites for hydroxylation is 1. The highest BCUT2D eigenvalue weighted by Gasteiger charge is 2.44. The molecule has 7 nitrogen and oxygen atoms in total. The number of nitrogens with two attached hydrogens (primary N) is 1. The van der Waals surface area contributed by atoms with E-state index in [1.54, 1.807) is 12.3 Å². The number of H-pyrrole nitrogens is 1. The van der Waals surface area contributed by atoms with Crippen LogP contribution in [0.5, 0.6) is 0 Å². The molecule has 3 aromatic heterocycles. The number of rotatable bonds is 5. The number of hydrogen-bond donors (Lipinski definition) is 3. The molecular weight excluding hydrogens is 428 g/mol. The topological polar surface area (TPSA) is 108 Å². The molecule has 1 unspecified atom stereocenters. The standard InChI is InChI=1S/C24H23F2N5O2/c25-24(26)10-31(11-24)18-6-4-14(9-29-18)17-7-16-13(8-28-17)3-5-15-19(23(32)33)22(30-21(15)16)20(27)12-1-2-12/h4,6-9,12,20,30H,1-3,5,10-11,27H2,(H,32,33). The van der Waals surface area contributed by atoms with Crippen molar-refractivity contribution in [2.75, 3.05) is 18.0 Å². The molecule has 2 aliphatic carbocycles. The molecule has 0 spiro atoms. The zero-order valence-corrected chi connectivity index (χ0v) is 17.8. The van der Waals surface area contributed by atoms with Crippen molar-refractivity contribution >= 4 is 11.8 Å². The number of carboxylic acids is 1. The molecule has 1 saturated carbocycles. The second kappa shape index (κ2) is 7.08. The summed E-state index contributed by atoms with van der Waals surface area (Å²) in [7, 11) is 0. The highest BCUT2D eigenvalue weighted by Crippen LogP contribution is 2.44. The summed E-state index contributed by atoms with van der Waals surface area (Å²) >= 11 is 0. The molecule has 9 heteroatoms. The Morgan fingerprint density at radius 3 is 2.64 bits per heavy atom. The number of carbonyl (C=O) groups is 1. The minimum atomic E-state index is -2.65. The van der Waals surface area contributed by atoms with Gasteiger partial charge in [0.1, 0.15) is 5.82 Å². The first-order valence-corrected chi connectivity index (χ1v) is 11.1. The van der Waals surface area contributed by atoms with Crippen LogP contribution in [-0.4, -0.2) is 45.0 Å². The van der Waals surface area contributed by atoms with Crippen LogP contribution in [0.3, 0.4) is 0 Å². The normalized spacial score (nSPS) is 19.4. The molecule has 1 atom stereocenters. The molecule has 4 N–H and O–H groups in total. The SMILES string of the molecule is NC(c1[nH]c2c(c1C(=O)O)CCc1cnc(-c3ccc(N4CC(F)(F)C4)nc3)cc1-2)C1CC1. The average molecular weight is 451 g/mol. The lowest BCUT2D eigenvalue weighted by Crippen LogP contribution is -2.56. The van der Waals surface area contributed by atoms with Crippen LogP contribution in [0.1, 0.15) is 46.1 Å². The van der Waals surface area contributed by atoms with Gasteiger partial charge in [0.25, 0.3) is 5.92 Å². The van der Waals surface area contributed by atoms with Crippen molar-refractivity contribution in [3.8, 4) is 22.5 Å². The van der Waals surface area contributed by atoms with Crippen LogP contribution in [0, 0.1) is 5.92 Å². The third-order valence-electron chi connectivity index (χ3n) is 6.92. The van der Waals surface area contributed by atoms with E-state index in [1.165, 1.54) is 4.90 Å². The summed E-state index contributed by atoms with van der Waals surface area (Å²) in [5.41, 5.74) is 12.3. The minimum Gasteiger partial charge on any atom is -0.478 e. The monoisotopic (exact) mass is 451 g/mol. The fourth-order valence-corrected chi connectivity index (χ4v) is 4.96. The van der Waals surface area contributed by atoms with Gasteiger partial charge in [0.05, 0.1) is 30.0 Å². The summed E-state index contributed by atoms with van der Waals surface area (Å²) in [5, 5.41) is 9.92. The highest BCUT2D eigenvalue weighted by molar-refractivity contribution is 5.95. The van der Waals surface area contributed by atoms with Gasteiger partial charge in [0.15, 0.2) is 0 Å². The van der Waals surface area contributed by atoms with Crippen LogP contribution in [0.15, 0.2) is 30.6 Å².